The molecule has 0 fully saturated rings. The smallest absolute Gasteiger partial charge is 0.252 e. The highest BCUT2D eigenvalue weighted by Gasteiger charge is 2.34. The van der Waals surface area contributed by atoms with Gasteiger partial charge in [0.15, 0.2) is 0 Å². The number of aromatic amines is 1. The fraction of sp³-hybridized carbons (Fsp3) is 0.176. The van der Waals surface area contributed by atoms with Crippen molar-refractivity contribution in [1.82, 2.24) is 24.9 Å². The van der Waals surface area contributed by atoms with Crippen LogP contribution in [0.25, 0.3) is 21.9 Å². The molecule has 4 aromatic carbocycles. The lowest BCUT2D eigenvalue weighted by Gasteiger charge is -2.31. The van der Waals surface area contributed by atoms with Crippen molar-refractivity contribution in [1.29, 1.82) is 0 Å². The van der Waals surface area contributed by atoms with Crippen LogP contribution in [0.4, 0.5) is 5.69 Å². The molecule has 2 amide bonds. The van der Waals surface area contributed by atoms with E-state index in [2.05, 4.69) is 20.6 Å². The van der Waals surface area contributed by atoms with E-state index in [1.165, 1.54) is 7.11 Å². The summed E-state index contributed by atoms with van der Waals surface area (Å²) in [4.78, 5) is 33.7. The summed E-state index contributed by atoms with van der Waals surface area (Å²) < 4.78 is 17.8. The van der Waals surface area contributed by atoms with Crippen molar-refractivity contribution in [2.75, 3.05) is 26.6 Å². The van der Waals surface area contributed by atoms with Crippen LogP contribution in [0.2, 0.25) is 0 Å². The number of amides is 2. The first-order valence-electron chi connectivity index (χ1n) is 14.3. The average molecular weight is 605 g/mol. The van der Waals surface area contributed by atoms with E-state index in [0.29, 0.717) is 39.5 Å². The molecule has 0 spiro atoms. The lowest BCUT2D eigenvalue weighted by Crippen LogP contribution is -2.42. The van der Waals surface area contributed by atoms with Crippen molar-refractivity contribution in [3.8, 4) is 17.2 Å². The fourth-order valence-electron chi connectivity index (χ4n) is 5.38. The molecule has 0 aliphatic heterocycles. The molecule has 2 N–H and O–H groups in total. The van der Waals surface area contributed by atoms with E-state index in [1.54, 1.807) is 48.2 Å². The van der Waals surface area contributed by atoms with Crippen LogP contribution in [0.15, 0.2) is 97.2 Å². The molecule has 1 unspecified atom stereocenters. The average Bonchev–Trinajstić information content (AvgIpc) is 3.69. The highest BCUT2D eigenvalue weighted by molar-refractivity contribution is 6.02. The molecule has 0 aliphatic rings. The Morgan fingerprint density at radius 2 is 1.62 bits per heavy atom. The highest BCUT2D eigenvalue weighted by Crippen LogP contribution is 2.34. The molecule has 0 aliphatic carbocycles. The second kappa shape index (κ2) is 12.8. The minimum atomic E-state index is -1.04. The summed E-state index contributed by atoms with van der Waals surface area (Å²) in [6, 6.07) is 26.6. The third-order valence-corrected chi connectivity index (χ3v) is 7.68. The summed E-state index contributed by atoms with van der Waals surface area (Å²) in [6.45, 7) is 0.00145. The van der Waals surface area contributed by atoms with E-state index in [0.717, 1.165) is 16.5 Å². The Hall–Kier alpha value is -5.84. The topological polar surface area (TPSA) is 124 Å². The van der Waals surface area contributed by atoms with Crippen LogP contribution < -0.4 is 19.5 Å². The number of benzene rings is 4. The second-order valence-electron chi connectivity index (χ2n) is 10.4. The van der Waals surface area contributed by atoms with Crippen LogP contribution >= 0.6 is 0 Å². The number of hydrogen-bond acceptors (Lipinski definition) is 7. The molecule has 2 heterocycles. The number of aromatic nitrogens is 4. The van der Waals surface area contributed by atoms with Gasteiger partial charge in [0.2, 0.25) is 5.91 Å². The lowest BCUT2D eigenvalue weighted by atomic mass is 10.0. The first-order chi connectivity index (χ1) is 22.0. The van der Waals surface area contributed by atoms with Gasteiger partial charge < -0.3 is 29.4 Å². The summed E-state index contributed by atoms with van der Waals surface area (Å²) in [5.74, 6) is 0.933. The van der Waals surface area contributed by atoms with Crippen LogP contribution in [-0.2, 0) is 22.7 Å². The van der Waals surface area contributed by atoms with Crippen LogP contribution in [0.1, 0.15) is 17.2 Å². The maximum atomic E-state index is 14.5. The maximum Gasteiger partial charge on any atom is 0.252 e. The highest BCUT2D eigenvalue weighted by atomic mass is 16.5. The predicted molar refractivity (Wildman–Crippen MR) is 170 cm³/mol. The van der Waals surface area contributed by atoms with Gasteiger partial charge in [0.25, 0.3) is 5.91 Å². The summed E-state index contributed by atoms with van der Waals surface area (Å²) >= 11 is 0. The molecule has 11 heteroatoms. The molecular formula is C34H32N6O5. The van der Waals surface area contributed by atoms with Gasteiger partial charge in [0, 0.05) is 35.3 Å². The van der Waals surface area contributed by atoms with Gasteiger partial charge >= 0.3 is 0 Å². The van der Waals surface area contributed by atoms with E-state index in [4.69, 9.17) is 14.2 Å². The molecular weight excluding hydrogens is 572 g/mol. The normalized spacial score (nSPS) is 11.7. The van der Waals surface area contributed by atoms with Gasteiger partial charge in [-0.2, -0.15) is 0 Å². The molecule has 6 rings (SSSR count). The van der Waals surface area contributed by atoms with E-state index in [-0.39, 0.29) is 19.0 Å². The molecule has 228 valence electrons. The van der Waals surface area contributed by atoms with E-state index >= 15 is 0 Å². The second-order valence-corrected chi connectivity index (χ2v) is 10.4. The van der Waals surface area contributed by atoms with Crippen molar-refractivity contribution in [3.63, 3.8) is 0 Å². The van der Waals surface area contributed by atoms with Crippen molar-refractivity contribution in [2.24, 2.45) is 0 Å². The summed E-state index contributed by atoms with van der Waals surface area (Å²) in [7, 11) is 4.67. The van der Waals surface area contributed by atoms with Crippen molar-refractivity contribution in [2.45, 2.75) is 19.1 Å². The van der Waals surface area contributed by atoms with Gasteiger partial charge in [0.1, 0.15) is 35.4 Å². The van der Waals surface area contributed by atoms with E-state index in [9.17, 15) is 9.59 Å². The summed E-state index contributed by atoms with van der Waals surface area (Å²) in [6.07, 6.45) is 1.78. The lowest BCUT2D eigenvalue weighted by molar-refractivity contribution is -0.140. The van der Waals surface area contributed by atoms with Crippen molar-refractivity contribution >= 4 is 39.4 Å². The number of rotatable bonds is 11. The largest absolute Gasteiger partial charge is 0.497 e. The van der Waals surface area contributed by atoms with Crippen LogP contribution in [0.5, 0.6) is 17.2 Å². The zero-order valence-electron chi connectivity index (χ0n) is 25.1. The van der Waals surface area contributed by atoms with Gasteiger partial charge in [-0.05, 0) is 48.0 Å². The van der Waals surface area contributed by atoms with Gasteiger partial charge in [-0.15, -0.1) is 5.10 Å². The molecule has 11 nitrogen and oxygen atoms in total. The van der Waals surface area contributed by atoms with Crippen LogP contribution in [0, 0.1) is 0 Å². The molecule has 0 radical (unpaired) electrons. The van der Waals surface area contributed by atoms with Gasteiger partial charge in [0.05, 0.1) is 32.5 Å². The Kier molecular flexibility index (Phi) is 8.32. The monoisotopic (exact) mass is 604 g/mol. The minimum Gasteiger partial charge on any atom is -0.497 e. The third-order valence-electron chi connectivity index (χ3n) is 7.68. The molecule has 1 atom stereocenters. The van der Waals surface area contributed by atoms with E-state index < -0.39 is 11.9 Å². The SMILES string of the molecule is COc1ccc(CN(C(=O)Cn2nnc3ccccc32)C(C(=O)Nc2ccc(OC)cc2OC)c2c[nH]c3ccccc23)cc1. The van der Waals surface area contributed by atoms with Crippen molar-refractivity contribution in [3.05, 3.63) is 108 Å². The first-order valence-corrected chi connectivity index (χ1v) is 14.3. The molecule has 6 aromatic rings. The number of anilines is 1. The van der Waals surface area contributed by atoms with Crippen molar-refractivity contribution < 1.29 is 23.8 Å². The van der Waals surface area contributed by atoms with Crippen LogP contribution in [0.3, 0.4) is 0 Å². The van der Waals surface area contributed by atoms with Gasteiger partial charge in [-0.25, -0.2) is 4.68 Å². The Balaban J connectivity index is 1.45. The quantitative estimate of drug-likeness (QED) is 0.204. The minimum absolute atomic E-state index is 0.130. The number of methoxy groups -OCH3 is 3. The predicted octanol–water partition coefficient (Wildman–Crippen LogP) is 5.35. The summed E-state index contributed by atoms with van der Waals surface area (Å²) in [5.41, 5.74) is 4.11. The number of nitrogens with zero attached hydrogens (tertiary/aromatic N) is 4. The van der Waals surface area contributed by atoms with Gasteiger partial charge in [-0.3, -0.25) is 9.59 Å². The Morgan fingerprint density at radius 1 is 0.889 bits per heavy atom. The summed E-state index contributed by atoms with van der Waals surface area (Å²) in [5, 5.41) is 12.3. The Morgan fingerprint density at radius 3 is 2.40 bits per heavy atom. The number of nitrogens with one attached hydrogen (secondary N) is 2. The number of ether oxygens (including phenoxy) is 3. The number of H-pyrrole nitrogens is 1. The molecule has 0 bridgehead atoms. The Labute approximate surface area is 259 Å². The molecule has 0 saturated carbocycles. The Bertz CT molecular complexity index is 1970. The molecule has 45 heavy (non-hydrogen) atoms. The fourth-order valence-corrected chi connectivity index (χ4v) is 5.38. The third kappa shape index (κ3) is 6.00. The molecule has 0 saturated heterocycles. The standard InChI is InChI=1S/C34H32N6O5/c1-43-23-14-12-22(13-15-23)20-39(32(41)21-40-30-11-7-6-10-28(30)37-38-40)33(26-19-35-27-9-5-4-8-25(26)27)34(42)36-29-17-16-24(44-2)18-31(29)45-3/h4-19,33,35H,20-21H2,1-3H3,(H,36,42). The van der Waals surface area contributed by atoms with Gasteiger partial charge in [-0.1, -0.05) is 47.7 Å². The zero-order valence-corrected chi connectivity index (χ0v) is 25.1. The number of carbonyl (C=O) groups excluding carboxylic acids is 2. The maximum absolute atomic E-state index is 14.5. The first kappa shape index (κ1) is 29.2. The van der Waals surface area contributed by atoms with Crippen LogP contribution in [-0.4, -0.2) is 58.0 Å². The number of para-hydroxylation sites is 2. The number of carbonyl (C=O) groups is 2. The number of fused-ring (bicyclic) bond motifs is 2. The van der Waals surface area contributed by atoms with E-state index in [1.807, 2.05) is 72.8 Å². The molecule has 2 aromatic heterocycles. The number of hydrogen-bond donors (Lipinski definition) is 2. The zero-order chi connectivity index (χ0) is 31.3.